The molecule has 0 aliphatic carbocycles. The molecule has 0 saturated carbocycles. The first kappa shape index (κ1) is 78.0. The third-order valence-corrected chi connectivity index (χ3v) is 16.5. The molecule has 0 fully saturated rings. The first-order valence-electron chi connectivity index (χ1n) is 34.5. The van der Waals surface area contributed by atoms with Crippen LogP contribution in [-0.4, -0.2) is 74.3 Å². The molecule has 0 aromatic carbocycles. The summed E-state index contributed by atoms with van der Waals surface area (Å²) in [4.78, 5) is 37.8. The number of nitrogens with zero attached hydrogens (tertiary/aromatic N) is 1. The Hall–Kier alpha value is -2.03. The fourth-order valence-electron chi connectivity index (χ4n) is 10.1. The molecule has 3 atom stereocenters. The Bertz CT molecular complexity index is 1510. The lowest BCUT2D eigenvalue weighted by atomic mass is 10.0. The smallest absolute Gasteiger partial charge is 0.456 e. The Labute approximate surface area is 497 Å². The van der Waals surface area contributed by atoms with Gasteiger partial charge in [-0.3, -0.25) is 18.6 Å². The lowest BCUT2D eigenvalue weighted by Gasteiger charge is -2.27. The average molecular weight is 1150 g/mol. The van der Waals surface area contributed by atoms with Crippen LogP contribution in [-0.2, 0) is 27.9 Å². The molecule has 0 aliphatic rings. The number of hydrogen-bond donors (Lipinski definition) is 2. The summed E-state index contributed by atoms with van der Waals surface area (Å²) < 4.78 is 30.8. The van der Waals surface area contributed by atoms with Crippen LogP contribution in [0, 0.1) is 0 Å². The van der Waals surface area contributed by atoms with Crippen molar-refractivity contribution in [1.29, 1.82) is 0 Å². The van der Waals surface area contributed by atoms with Gasteiger partial charge in [0.1, 0.15) is 19.3 Å². The van der Waals surface area contributed by atoms with Crippen LogP contribution in [0.4, 0.5) is 0 Å². The van der Waals surface area contributed by atoms with Crippen molar-refractivity contribution >= 4 is 19.7 Å². The zero-order chi connectivity index (χ0) is 58.6. The van der Waals surface area contributed by atoms with Gasteiger partial charge in [0.25, 0.3) is 0 Å². The molecule has 10 heteroatoms. The number of esters is 1. The molecule has 0 bridgehead atoms. The van der Waals surface area contributed by atoms with Crippen molar-refractivity contribution in [1.82, 2.24) is 5.32 Å². The summed E-state index contributed by atoms with van der Waals surface area (Å²) in [5.41, 5.74) is 0. The van der Waals surface area contributed by atoms with E-state index in [0.717, 1.165) is 64.2 Å². The maximum absolute atomic E-state index is 13.6. The number of carbonyl (C=O) groups excluding carboxylic acids is 2. The Morgan fingerprint density at radius 2 is 0.762 bits per heavy atom. The van der Waals surface area contributed by atoms with E-state index in [1.807, 2.05) is 33.3 Å². The zero-order valence-electron chi connectivity index (χ0n) is 53.8. The van der Waals surface area contributed by atoms with E-state index < -0.39 is 20.0 Å². The summed E-state index contributed by atoms with van der Waals surface area (Å²) in [6.07, 6.45) is 75.4. The SMILES string of the molecule is CCCCC/C=C\C/C=C\CCCCCCCCCCCCCCCCCC(=O)NC(COP(=O)(O)OCC[N+](C)(C)C)C(/C=C\CCCCCCCCCCCC)OC(=O)CCCCCCCCC/C=C/CCCCCCCC. The minimum atomic E-state index is -4.45. The highest BCUT2D eigenvalue weighted by molar-refractivity contribution is 7.47. The first-order valence-corrected chi connectivity index (χ1v) is 36.0. The third-order valence-electron chi connectivity index (χ3n) is 15.5. The summed E-state index contributed by atoms with van der Waals surface area (Å²) in [6.45, 7) is 7.02. The zero-order valence-corrected chi connectivity index (χ0v) is 54.7. The average Bonchev–Trinajstić information content (AvgIpc) is 3.42. The standard InChI is InChI=1S/C70H133N2O7P/c1-7-10-13-16-19-22-25-28-30-32-33-34-35-36-37-38-39-41-42-44-47-50-53-56-59-62-69(73)71-67(66-78-80(75,76)77-65-64-72(4,5)6)68(61-58-55-52-49-46-27-24-21-18-15-12-9-3)79-70(74)63-60-57-54-51-48-45-43-40-31-29-26-23-20-17-14-11-8-2/h19,22,28-31,58,61,67-68H,7-18,20-21,23-27,32-57,59-60,62-66H2,1-6H3,(H-,71,73,75,76)/p+1/b22-19-,30-28-,31-29+,61-58-. The maximum Gasteiger partial charge on any atom is 0.472 e. The molecular weight excluding hydrogens is 1010 g/mol. The van der Waals surface area contributed by atoms with Crippen molar-refractivity contribution in [3.8, 4) is 0 Å². The highest BCUT2D eigenvalue weighted by Gasteiger charge is 2.30. The molecule has 0 rings (SSSR count). The van der Waals surface area contributed by atoms with Crippen molar-refractivity contribution in [2.75, 3.05) is 40.9 Å². The van der Waals surface area contributed by atoms with Crippen LogP contribution in [0.3, 0.4) is 0 Å². The van der Waals surface area contributed by atoms with Gasteiger partial charge in [-0.25, -0.2) is 4.57 Å². The highest BCUT2D eigenvalue weighted by Crippen LogP contribution is 2.43. The van der Waals surface area contributed by atoms with E-state index in [4.69, 9.17) is 13.8 Å². The molecule has 80 heavy (non-hydrogen) atoms. The maximum atomic E-state index is 13.6. The number of allylic oxidation sites excluding steroid dienone is 7. The number of likely N-dealkylation sites (N-methyl/N-ethyl adjacent to an activating group) is 1. The van der Waals surface area contributed by atoms with Gasteiger partial charge in [-0.15, -0.1) is 0 Å². The second-order valence-corrected chi connectivity index (χ2v) is 26.1. The van der Waals surface area contributed by atoms with Crippen LogP contribution in [0.2, 0.25) is 0 Å². The summed E-state index contributed by atoms with van der Waals surface area (Å²) in [5.74, 6) is -0.497. The lowest BCUT2D eigenvalue weighted by Crippen LogP contribution is -2.47. The van der Waals surface area contributed by atoms with Gasteiger partial charge >= 0.3 is 13.8 Å². The number of unbranched alkanes of at least 4 members (excludes halogenated alkanes) is 41. The molecule has 0 radical (unpaired) electrons. The number of phosphoric ester groups is 1. The molecule has 1 amide bonds. The van der Waals surface area contributed by atoms with Gasteiger partial charge in [0.05, 0.1) is 33.8 Å². The predicted molar refractivity (Wildman–Crippen MR) is 346 cm³/mol. The van der Waals surface area contributed by atoms with E-state index in [2.05, 4.69) is 62.5 Å². The summed E-state index contributed by atoms with van der Waals surface area (Å²) in [5, 5.41) is 3.07. The third kappa shape index (κ3) is 60.6. The quantitative estimate of drug-likeness (QED) is 0.0205. The van der Waals surface area contributed by atoms with Crippen LogP contribution < -0.4 is 5.32 Å². The lowest BCUT2D eigenvalue weighted by molar-refractivity contribution is -0.870. The van der Waals surface area contributed by atoms with Crippen molar-refractivity contribution < 1.29 is 37.3 Å². The molecule has 0 spiro atoms. The van der Waals surface area contributed by atoms with Crippen LogP contribution in [0.5, 0.6) is 0 Å². The number of carbonyl (C=O) groups is 2. The number of rotatable bonds is 63. The highest BCUT2D eigenvalue weighted by atomic mass is 31.2. The van der Waals surface area contributed by atoms with E-state index in [-0.39, 0.29) is 31.5 Å². The Morgan fingerprint density at radius 1 is 0.438 bits per heavy atom. The van der Waals surface area contributed by atoms with Crippen LogP contribution >= 0.6 is 7.82 Å². The number of quaternary nitrogens is 1. The van der Waals surface area contributed by atoms with Crippen molar-refractivity contribution in [3.63, 3.8) is 0 Å². The number of ether oxygens (including phenoxy) is 1. The first-order chi connectivity index (χ1) is 38.9. The second-order valence-electron chi connectivity index (χ2n) is 24.7. The fraction of sp³-hybridized carbons (Fsp3) is 0.857. The summed E-state index contributed by atoms with van der Waals surface area (Å²) >= 11 is 0. The molecule has 0 aromatic heterocycles. The molecular formula is C70H134N2O7P+. The van der Waals surface area contributed by atoms with Crippen LogP contribution in [0.15, 0.2) is 48.6 Å². The van der Waals surface area contributed by atoms with Gasteiger partial charge in [-0.1, -0.05) is 282 Å². The minimum absolute atomic E-state index is 0.0408. The minimum Gasteiger partial charge on any atom is -0.456 e. The van der Waals surface area contributed by atoms with Gasteiger partial charge in [-0.2, -0.15) is 0 Å². The summed E-state index contributed by atoms with van der Waals surface area (Å²) in [7, 11) is 1.50. The van der Waals surface area contributed by atoms with Crippen molar-refractivity contribution in [2.24, 2.45) is 0 Å². The van der Waals surface area contributed by atoms with Gasteiger partial charge in [0, 0.05) is 12.8 Å². The Balaban J connectivity index is 5.06. The Kier molecular flexibility index (Phi) is 58.6. The largest absolute Gasteiger partial charge is 0.472 e. The number of hydrogen-bond acceptors (Lipinski definition) is 6. The van der Waals surface area contributed by atoms with E-state index in [9.17, 15) is 19.0 Å². The molecule has 3 unspecified atom stereocenters. The number of amides is 1. The predicted octanol–water partition coefficient (Wildman–Crippen LogP) is 21.6. The fourth-order valence-corrected chi connectivity index (χ4v) is 10.9. The van der Waals surface area contributed by atoms with Gasteiger partial charge in [-0.05, 0) is 89.5 Å². The molecule has 2 N–H and O–H groups in total. The molecule has 0 heterocycles. The van der Waals surface area contributed by atoms with E-state index in [0.29, 0.717) is 17.4 Å². The van der Waals surface area contributed by atoms with Gasteiger partial charge in [0.15, 0.2) is 0 Å². The van der Waals surface area contributed by atoms with E-state index in [1.165, 1.54) is 238 Å². The topological polar surface area (TPSA) is 111 Å². The van der Waals surface area contributed by atoms with E-state index >= 15 is 0 Å². The van der Waals surface area contributed by atoms with E-state index in [1.54, 1.807) is 0 Å². The molecule has 9 nitrogen and oxygen atoms in total. The molecule has 0 saturated heterocycles. The van der Waals surface area contributed by atoms with Gasteiger partial charge < -0.3 is 19.4 Å². The molecule has 470 valence electrons. The van der Waals surface area contributed by atoms with Crippen LogP contribution in [0.1, 0.15) is 335 Å². The van der Waals surface area contributed by atoms with Gasteiger partial charge in [0.2, 0.25) is 5.91 Å². The van der Waals surface area contributed by atoms with Crippen LogP contribution in [0.25, 0.3) is 0 Å². The second kappa shape index (κ2) is 60.1. The summed E-state index contributed by atoms with van der Waals surface area (Å²) in [6, 6.07) is -0.849. The molecule has 0 aromatic rings. The van der Waals surface area contributed by atoms with Crippen molar-refractivity contribution in [2.45, 2.75) is 348 Å². The number of phosphoric acid groups is 1. The Morgan fingerprint density at radius 3 is 1.16 bits per heavy atom. The molecule has 0 aliphatic heterocycles. The monoisotopic (exact) mass is 1150 g/mol. The number of nitrogens with one attached hydrogen (secondary N) is 1. The van der Waals surface area contributed by atoms with Crippen molar-refractivity contribution in [3.05, 3.63) is 48.6 Å². The normalized spacial score (nSPS) is 13.8.